The van der Waals surface area contributed by atoms with Gasteiger partial charge in [-0.15, -0.1) is 0 Å². The van der Waals surface area contributed by atoms with Crippen LogP contribution in [-0.4, -0.2) is 45.8 Å². The van der Waals surface area contributed by atoms with E-state index in [2.05, 4.69) is 5.32 Å². The van der Waals surface area contributed by atoms with E-state index in [0.29, 0.717) is 18.8 Å². The van der Waals surface area contributed by atoms with Gasteiger partial charge in [-0.3, -0.25) is 13.8 Å². The van der Waals surface area contributed by atoms with Crippen LogP contribution >= 0.6 is 0 Å². The van der Waals surface area contributed by atoms with Crippen molar-refractivity contribution in [2.45, 2.75) is 31.6 Å². The third-order valence-corrected chi connectivity index (χ3v) is 4.86. The summed E-state index contributed by atoms with van der Waals surface area (Å²) in [7, 11) is -1.20. The molecule has 120 valence electrons. The van der Waals surface area contributed by atoms with Gasteiger partial charge in [0, 0.05) is 42.6 Å². The lowest BCUT2D eigenvalue weighted by atomic mass is 10.1. The van der Waals surface area contributed by atoms with E-state index >= 15 is 0 Å². The summed E-state index contributed by atoms with van der Waals surface area (Å²) in [5, 5.41) is 2.85. The Labute approximate surface area is 133 Å². The number of amides is 2. The predicted molar refractivity (Wildman–Crippen MR) is 86.6 cm³/mol. The summed E-state index contributed by atoms with van der Waals surface area (Å²) in [4.78, 5) is 25.1. The Morgan fingerprint density at radius 2 is 2.05 bits per heavy atom. The van der Waals surface area contributed by atoms with Crippen molar-refractivity contribution < 1.29 is 13.8 Å². The third-order valence-electron chi connectivity index (χ3n) is 3.64. The second kappa shape index (κ2) is 8.08. The molecule has 1 heterocycles. The number of hydrogen-bond donors (Lipinski definition) is 1. The van der Waals surface area contributed by atoms with Gasteiger partial charge in [0.1, 0.15) is 5.75 Å². The van der Waals surface area contributed by atoms with Gasteiger partial charge < -0.3 is 10.2 Å². The topological polar surface area (TPSA) is 66.5 Å². The first kappa shape index (κ1) is 16.7. The fourth-order valence-corrected chi connectivity index (χ4v) is 3.77. The molecule has 1 N–H and O–H groups in total. The van der Waals surface area contributed by atoms with Crippen LogP contribution in [0.25, 0.3) is 0 Å². The van der Waals surface area contributed by atoms with Crippen LogP contribution in [0.15, 0.2) is 30.3 Å². The minimum absolute atomic E-state index is 0.0118. The molecule has 2 atom stereocenters. The summed E-state index contributed by atoms with van der Waals surface area (Å²) < 4.78 is 12.1. The first-order chi connectivity index (χ1) is 10.5. The van der Waals surface area contributed by atoms with Crippen molar-refractivity contribution in [3.8, 4) is 0 Å². The fraction of sp³-hybridized carbons (Fsp3) is 0.500. The highest BCUT2D eigenvalue weighted by Gasteiger charge is 2.24. The van der Waals surface area contributed by atoms with Gasteiger partial charge in [-0.1, -0.05) is 30.3 Å². The van der Waals surface area contributed by atoms with Gasteiger partial charge in [-0.05, 0) is 18.4 Å². The molecule has 0 unspecified atom stereocenters. The lowest BCUT2D eigenvalue weighted by Crippen LogP contribution is -2.50. The van der Waals surface area contributed by atoms with E-state index in [9.17, 15) is 13.8 Å². The van der Waals surface area contributed by atoms with E-state index in [1.54, 1.807) is 4.90 Å². The van der Waals surface area contributed by atoms with Gasteiger partial charge in [0.2, 0.25) is 11.8 Å². The second-order valence-electron chi connectivity index (χ2n) is 5.59. The number of nitrogens with zero attached hydrogens (tertiary/aromatic N) is 1. The van der Waals surface area contributed by atoms with E-state index in [0.717, 1.165) is 18.4 Å². The van der Waals surface area contributed by atoms with Crippen LogP contribution in [-0.2, 0) is 26.1 Å². The van der Waals surface area contributed by atoms with E-state index < -0.39 is 10.8 Å². The molecule has 0 saturated carbocycles. The molecule has 1 aliphatic heterocycles. The zero-order chi connectivity index (χ0) is 15.9. The Morgan fingerprint density at radius 3 is 2.73 bits per heavy atom. The summed E-state index contributed by atoms with van der Waals surface area (Å²) in [5.41, 5.74) is 0.975. The Morgan fingerprint density at radius 1 is 1.32 bits per heavy atom. The normalized spacial score (nSPS) is 19.5. The van der Waals surface area contributed by atoms with Crippen LogP contribution in [0, 0.1) is 0 Å². The number of nitrogens with one attached hydrogen (secondary N) is 1. The van der Waals surface area contributed by atoms with Crippen LogP contribution in [0.3, 0.4) is 0 Å². The molecular weight excluding hydrogens is 300 g/mol. The first-order valence-electron chi connectivity index (χ1n) is 7.48. The van der Waals surface area contributed by atoms with Crippen LogP contribution in [0.2, 0.25) is 0 Å². The number of likely N-dealkylation sites (tertiary alicyclic amines) is 1. The van der Waals surface area contributed by atoms with Gasteiger partial charge in [-0.2, -0.15) is 0 Å². The Kier molecular flexibility index (Phi) is 6.12. The number of rotatable bonds is 5. The standard InChI is InChI=1S/C16H22N2O3S/c1-13(19)17-15-8-5-9-18(10-15)16(20)12-22(21)11-14-6-3-2-4-7-14/h2-4,6-7,15H,5,8-12H2,1H3,(H,17,19)/t15-,22+/m0/s1. The summed E-state index contributed by atoms with van der Waals surface area (Å²) in [6.45, 7) is 2.67. The number of benzene rings is 1. The molecule has 0 aliphatic carbocycles. The maximum atomic E-state index is 12.3. The lowest BCUT2D eigenvalue weighted by molar-refractivity contribution is -0.130. The van der Waals surface area contributed by atoms with Crippen molar-refractivity contribution in [2.24, 2.45) is 0 Å². The average Bonchev–Trinajstić information content (AvgIpc) is 2.47. The molecule has 22 heavy (non-hydrogen) atoms. The molecule has 0 radical (unpaired) electrons. The van der Waals surface area contributed by atoms with Crippen LogP contribution in [0.5, 0.6) is 0 Å². The van der Waals surface area contributed by atoms with Gasteiger partial charge in [0.15, 0.2) is 0 Å². The Hall–Kier alpha value is -1.69. The van der Waals surface area contributed by atoms with Crippen molar-refractivity contribution >= 4 is 22.6 Å². The third kappa shape index (κ3) is 5.26. The number of carbonyl (C=O) groups is 2. The summed E-state index contributed by atoms with van der Waals surface area (Å²) in [6, 6.07) is 9.55. The predicted octanol–water partition coefficient (Wildman–Crippen LogP) is 1.06. The quantitative estimate of drug-likeness (QED) is 0.881. The van der Waals surface area contributed by atoms with Crippen molar-refractivity contribution in [1.82, 2.24) is 10.2 Å². The van der Waals surface area contributed by atoms with Crippen LogP contribution in [0.1, 0.15) is 25.3 Å². The van der Waals surface area contributed by atoms with Crippen molar-refractivity contribution in [3.05, 3.63) is 35.9 Å². The molecule has 1 fully saturated rings. The highest BCUT2D eigenvalue weighted by Crippen LogP contribution is 2.11. The molecule has 5 nitrogen and oxygen atoms in total. The van der Waals surface area contributed by atoms with Gasteiger partial charge in [0.05, 0.1) is 0 Å². The minimum Gasteiger partial charge on any atom is -0.352 e. The monoisotopic (exact) mass is 322 g/mol. The minimum atomic E-state index is -1.20. The van der Waals surface area contributed by atoms with Crippen molar-refractivity contribution in [1.29, 1.82) is 0 Å². The molecule has 2 rings (SSSR count). The average molecular weight is 322 g/mol. The second-order valence-corrected chi connectivity index (χ2v) is 7.05. The van der Waals surface area contributed by atoms with E-state index in [1.807, 2.05) is 30.3 Å². The number of carbonyl (C=O) groups excluding carboxylic acids is 2. The maximum Gasteiger partial charge on any atom is 0.235 e. The summed E-state index contributed by atoms with van der Waals surface area (Å²) in [5.74, 6) is 0.272. The van der Waals surface area contributed by atoms with Crippen LogP contribution < -0.4 is 5.32 Å². The SMILES string of the molecule is CC(=O)N[C@H]1CCCN(C(=O)C[S@](=O)Cc2ccccc2)C1. The summed E-state index contributed by atoms with van der Waals surface area (Å²) >= 11 is 0. The first-order valence-corrected chi connectivity index (χ1v) is 8.97. The van der Waals surface area contributed by atoms with Crippen molar-refractivity contribution in [2.75, 3.05) is 18.8 Å². The molecule has 0 bridgehead atoms. The van der Waals surface area contributed by atoms with Gasteiger partial charge in [-0.25, -0.2) is 0 Å². The molecule has 1 aromatic rings. The van der Waals surface area contributed by atoms with Crippen molar-refractivity contribution in [3.63, 3.8) is 0 Å². The zero-order valence-corrected chi connectivity index (χ0v) is 13.6. The molecule has 1 aromatic carbocycles. The van der Waals surface area contributed by atoms with E-state index in [-0.39, 0.29) is 23.6 Å². The zero-order valence-electron chi connectivity index (χ0n) is 12.8. The van der Waals surface area contributed by atoms with E-state index in [4.69, 9.17) is 0 Å². The molecular formula is C16H22N2O3S. The summed E-state index contributed by atoms with van der Waals surface area (Å²) in [6.07, 6.45) is 1.75. The molecule has 0 spiro atoms. The lowest BCUT2D eigenvalue weighted by Gasteiger charge is -2.33. The number of piperidine rings is 1. The van der Waals surface area contributed by atoms with Gasteiger partial charge in [0.25, 0.3) is 0 Å². The van der Waals surface area contributed by atoms with Gasteiger partial charge >= 0.3 is 0 Å². The Balaban J connectivity index is 1.83. The Bertz CT molecular complexity index is 548. The van der Waals surface area contributed by atoms with Crippen LogP contribution in [0.4, 0.5) is 0 Å². The fourth-order valence-electron chi connectivity index (χ4n) is 2.65. The molecule has 2 amide bonds. The number of hydrogen-bond acceptors (Lipinski definition) is 3. The molecule has 0 aromatic heterocycles. The molecule has 6 heteroatoms. The maximum absolute atomic E-state index is 12.3. The largest absolute Gasteiger partial charge is 0.352 e. The highest BCUT2D eigenvalue weighted by atomic mass is 32.2. The highest BCUT2D eigenvalue weighted by molar-refractivity contribution is 7.84. The molecule has 1 aliphatic rings. The van der Waals surface area contributed by atoms with E-state index in [1.165, 1.54) is 6.92 Å². The molecule has 1 saturated heterocycles. The smallest absolute Gasteiger partial charge is 0.235 e.